The minimum atomic E-state index is -5.13. The minimum Gasteiger partial charge on any atom is -0.480 e. The number of hydrogen-bond donors (Lipinski definition) is 2. The Kier molecular flexibility index (Phi) is 7.01. The number of rotatable bonds is 8. The van der Waals surface area contributed by atoms with Crippen molar-refractivity contribution in [3.63, 3.8) is 0 Å². The molecule has 2 aromatic carbocycles. The van der Waals surface area contributed by atoms with E-state index in [4.69, 9.17) is 0 Å². The van der Waals surface area contributed by atoms with Crippen molar-refractivity contribution in [3.8, 4) is 0 Å². The topological polar surface area (TPSA) is 83.5 Å². The molecule has 152 valence electrons. The third-order valence-corrected chi connectivity index (χ3v) is 6.18. The van der Waals surface area contributed by atoms with Gasteiger partial charge in [0.25, 0.3) is 0 Å². The van der Waals surface area contributed by atoms with Crippen LogP contribution in [0, 0.1) is 29.1 Å². The highest BCUT2D eigenvalue weighted by atomic mass is 32.2. The van der Waals surface area contributed by atoms with Gasteiger partial charge in [0.2, 0.25) is 15.8 Å². The summed E-state index contributed by atoms with van der Waals surface area (Å²) in [5.41, 5.74) is 0. The minimum absolute atomic E-state index is 0.316. The molecule has 1 atom stereocenters. The van der Waals surface area contributed by atoms with Crippen LogP contribution >= 0.6 is 11.8 Å². The summed E-state index contributed by atoms with van der Waals surface area (Å²) in [6, 6.07) is 8.28. The fourth-order valence-electron chi connectivity index (χ4n) is 2.11. The number of thioether (sulfide) groups is 1. The first kappa shape index (κ1) is 22.1. The molecule has 1 unspecified atom stereocenters. The van der Waals surface area contributed by atoms with Gasteiger partial charge in [-0.1, -0.05) is 18.2 Å². The number of carboxylic acids is 1. The van der Waals surface area contributed by atoms with Crippen LogP contribution in [0.1, 0.15) is 6.42 Å². The number of aliphatic carboxylic acids is 1. The zero-order valence-electron chi connectivity index (χ0n) is 13.8. The fourth-order valence-corrected chi connectivity index (χ4v) is 4.27. The maximum Gasteiger partial charge on any atom is 0.317 e. The Hall–Kier alpha value is -2.18. The average molecular weight is 441 g/mol. The highest BCUT2D eigenvalue weighted by Gasteiger charge is 2.33. The predicted molar refractivity (Wildman–Crippen MR) is 89.8 cm³/mol. The van der Waals surface area contributed by atoms with Crippen molar-refractivity contribution in [3.05, 3.63) is 59.4 Å². The predicted octanol–water partition coefficient (Wildman–Crippen LogP) is 3.30. The molecule has 2 N–H and O–H groups in total. The van der Waals surface area contributed by atoms with E-state index < -0.39 is 61.8 Å². The molecule has 0 aliphatic rings. The third-order valence-electron chi connectivity index (χ3n) is 3.43. The van der Waals surface area contributed by atoms with E-state index in [-0.39, 0.29) is 6.42 Å². The van der Waals surface area contributed by atoms with Gasteiger partial charge in [0, 0.05) is 11.4 Å². The van der Waals surface area contributed by atoms with Gasteiger partial charge in [-0.3, -0.25) is 4.79 Å². The fraction of sp³-hybridized carbons (Fsp3) is 0.188. The van der Waals surface area contributed by atoms with Gasteiger partial charge in [0.05, 0.1) is 0 Å². The SMILES string of the molecule is O=C(O)C(CCNS(=O)(=O)c1c(F)c(F)c(F)c(F)c1F)Sc1ccccc1. The molecule has 5 nitrogen and oxygen atoms in total. The number of benzene rings is 2. The normalized spacial score (nSPS) is 12.8. The van der Waals surface area contributed by atoms with E-state index in [1.54, 1.807) is 35.1 Å². The Morgan fingerprint density at radius 2 is 1.46 bits per heavy atom. The standard InChI is InChI=1S/C16H12F5NO4S2/c17-10-11(18)13(20)15(14(21)12(10)19)28(25,26)22-7-6-9(16(23)24)27-8-4-2-1-3-5-8/h1-5,9,22H,6-7H2,(H,23,24). The maximum absolute atomic E-state index is 13.7. The van der Waals surface area contributed by atoms with Crippen molar-refractivity contribution >= 4 is 27.8 Å². The first-order chi connectivity index (χ1) is 13.1. The lowest BCUT2D eigenvalue weighted by atomic mass is 10.3. The largest absolute Gasteiger partial charge is 0.480 e. The van der Waals surface area contributed by atoms with E-state index >= 15 is 0 Å². The summed E-state index contributed by atoms with van der Waals surface area (Å²) in [4.78, 5) is 9.86. The first-order valence-corrected chi connectivity index (χ1v) is 9.88. The Bertz CT molecular complexity index is 957. The molecule has 0 radical (unpaired) electrons. The summed E-state index contributed by atoms with van der Waals surface area (Å²) in [5.74, 6) is -13.6. The van der Waals surface area contributed by atoms with Crippen LogP contribution in [0.5, 0.6) is 0 Å². The van der Waals surface area contributed by atoms with Crippen LogP contribution in [0.25, 0.3) is 0 Å². The zero-order valence-corrected chi connectivity index (χ0v) is 15.4. The Morgan fingerprint density at radius 1 is 0.964 bits per heavy atom. The second kappa shape index (κ2) is 8.88. The smallest absolute Gasteiger partial charge is 0.317 e. The van der Waals surface area contributed by atoms with Gasteiger partial charge < -0.3 is 5.11 Å². The molecule has 0 bridgehead atoms. The summed E-state index contributed by atoms with van der Waals surface area (Å²) in [7, 11) is -5.13. The molecule has 0 aromatic heterocycles. The van der Waals surface area contributed by atoms with Crippen molar-refractivity contribution in [1.82, 2.24) is 4.72 Å². The first-order valence-electron chi connectivity index (χ1n) is 7.52. The van der Waals surface area contributed by atoms with Gasteiger partial charge >= 0.3 is 5.97 Å². The molecule has 0 aliphatic carbocycles. The number of nitrogens with one attached hydrogen (secondary N) is 1. The van der Waals surface area contributed by atoms with Gasteiger partial charge in [-0.15, -0.1) is 11.8 Å². The molecule has 0 heterocycles. The van der Waals surface area contributed by atoms with E-state index in [0.717, 1.165) is 11.8 Å². The molecule has 12 heteroatoms. The Labute approximate surface area is 160 Å². The summed E-state index contributed by atoms with van der Waals surface area (Å²) < 4.78 is 92.4. The lowest BCUT2D eigenvalue weighted by molar-refractivity contribution is -0.136. The van der Waals surface area contributed by atoms with Gasteiger partial charge in [-0.25, -0.2) is 35.1 Å². The van der Waals surface area contributed by atoms with Crippen LogP contribution in [0.2, 0.25) is 0 Å². The van der Waals surface area contributed by atoms with E-state index in [9.17, 15) is 40.3 Å². The Balaban J connectivity index is 2.16. The van der Waals surface area contributed by atoms with Crippen LogP contribution in [-0.2, 0) is 14.8 Å². The van der Waals surface area contributed by atoms with Gasteiger partial charge in [-0.05, 0) is 18.6 Å². The van der Waals surface area contributed by atoms with Gasteiger partial charge in [-0.2, -0.15) is 0 Å². The lowest BCUT2D eigenvalue weighted by Gasteiger charge is -2.14. The molecular weight excluding hydrogens is 429 g/mol. The van der Waals surface area contributed by atoms with E-state index in [1.165, 1.54) is 0 Å². The number of halogens is 5. The number of carbonyl (C=O) groups is 1. The van der Waals surface area contributed by atoms with E-state index in [0.29, 0.717) is 4.90 Å². The van der Waals surface area contributed by atoms with E-state index in [2.05, 4.69) is 0 Å². The zero-order chi connectivity index (χ0) is 21.1. The molecule has 0 amide bonds. The van der Waals surface area contributed by atoms with Crippen LogP contribution in [-0.4, -0.2) is 31.3 Å². The van der Waals surface area contributed by atoms with Crippen molar-refractivity contribution in [2.24, 2.45) is 0 Å². The van der Waals surface area contributed by atoms with Crippen molar-refractivity contribution < 1.29 is 40.3 Å². The molecule has 0 saturated carbocycles. The van der Waals surface area contributed by atoms with Gasteiger partial charge in [0.15, 0.2) is 28.2 Å². The van der Waals surface area contributed by atoms with Gasteiger partial charge in [0.1, 0.15) is 5.25 Å². The lowest BCUT2D eigenvalue weighted by Crippen LogP contribution is -2.31. The highest BCUT2D eigenvalue weighted by molar-refractivity contribution is 8.00. The molecule has 0 aliphatic heterocycles. The maximum atomic E-state index is 13.7. The molecule has 2 aromatic rings. The summed E-state index contributed by atoms with van der Waals surface area (Å²) >= 11 is 0.904. The van der Waals surface area contributed by atoms with E-state index in [1.807, 2.05) is 0 Å². The number of hydrogen-bond acceptors (Lipinski definition) is 4. The van der Waals surface area contributed by atoms with Crippen molar-refractivity contribution in [2.75, 3.05) is 6.54 Å². The monoisotopic (exact) mass is 441 g/mol. The number of sulfonamides is 1. The Morgan fingerprint density at radius 3 is 1.96 bits per heavy atom. The second-order valence-corrected chi connectivity index (χ2v) is 8.32. The second-order valence-electron chi connectivity index (χ2n) is 5.34. The summed E-state index contributed by atoms with van der Waals surface area (Å²) in [6.45, 7) is -0.612. The quantitative estimate of drug-likeness (QED) is 0.284. The summed E-state index contributed by atoms with van der Waals surface area (Å²) in [5, 5.41) is 8.09. The molecule has 28 heavy (non-hydrogen) atoms. The molecule has 0 spiro atoms. The molecule has 2 rings (SSSR count). The average Bonchev–Trinajstić information content (AvgIpc) is 2.64. The third kappa shape index (κ3) is 4.80. The summed E-state index contributed by atoms with van der Waals surface area (Å²) in [6.07, 6.45) is -0.316. The van der Waals surface area contributed by atoms with Crippen LogP contribution in [0.15, 0.2) is 40.1 Å². The van der Waals surface area contributed by atoms with Crippen molar-refractivity contribution in [1.29, 1.82) is 0 Å². The molecule has 0 saturated heterocycles. The van der Waals surface area contributed by atoms with Crippen LogP contribution < -0.4 is 4.72 Å². The highest BCUT2D eigenvalue weighted by Crippen LogP contribution is 2.27. The molecule has 0 fully saturated rings. The van der Waals surface area contributed by atoms with Crippen LogP contribution in [0.4, 0.5) is 22.0 Å². The van der Waals surface area contributed by atoms with Crippen molar-refractivity contribution in [2.45, 2.75) is 21.5 Å². The van der Waals surface area contributed by atoms with Crippen LogP contribution in [0.3, 0.4) is 0 Å². The number of carboxylic acid groups (broad SMARTS) is 1. The molecular formula is C16H12F5NO4S2.